The van der Waals surface area contributed by atoms with Gasteiger partial charge in [0.15, 0.2) is 10.3 Å². The maximum Gasteiger partial charge on any atom is 0.257 e. The largest absolute Gasteiger partial charge is 0.497 e. The van der Waals surface area contributed by atoms with Gasteiger partial charge in [-0.15, -0.1) is 11.3 Å². The van der Waals surface area contributed by atoms with Crippen molar-refractivity contribution in [3.63, 3.8) is 0 Å². The van der Waals surface area contributed by atoms with Gasteiger partial charge >= 0.3 is 0 Å². The fourth-order valence-electron chi connectivity index (χ4n) is 2.68. The van der Waals surface area contributed by atoms with Crippen LogP contribution >= 0.6 is 22.7 Å². The lowest BCUT2D eigenvalue weighted by Gasteiger charge is -2.03. The molecule has 29 heavy (non-hydrogen) atoms. The lowest BCUT2D eigenvalue weighted by Crippen LogP contribution is -2.11. The number of anilines is 3. The zero-order chi connectivity index (χ0) is 20.2. The summed E-state index contributed by atoms with van der Waals surface area (Å²) in [5.41, 5.74) is 3.20. The number of benzene rings is 2. The summed E-state index contributed by atoms with van der Waals surface area (Å²) in [5.74, 6) is 0.631. The number of methoxy groups -OCH3 is 1. The van der Waals surface area contributed by atoms with Crippen LogP contribution in [-0.2, 0) is 0 Å². The van der Waals surface area contributed by atoms with E-state index < -0.39 is 0 Å². The average Bonchev–Trinajstić information content (AvgIpc) is 3.35. The normalized spacial score (nSPS) is 10.6. The molecule has 0 spiro atoms. The zero-order valence-corrected chi connectivity index (χ0v) is 17.4. The number of rotatable bonds is 6. The van der Waals surface area contributed by atoms with Gasteiger partial charge < -0.3 is 10.1 Å². The van der Waals surface area contributed by atoms with Crippen LogP contribution in [0.1, 0.15) is 16.1 Å². The number of thiazole rings is 2. The highest BCUT2D eigenvalue weighted by molar-refractivity contribution is 7.20. The standard InChI is InChI=1S/C21H18N4O2S2/c1-13-18(29-21(22-13)25-19(26)14-6-4-3-5-7-14)17-12-28-20(24-17)23-15-8-10-16(27-2)11-9-15/h3-12H,1-2H3,(H,23,24)(H,22,25,26). The maximum atomic E-state index is 12.3. The number of aryl methyl sites for hydroxylation is 1. The number of carbonyl (C=O) groups excluding carboxylic acids is 1. The van der Waals surface area contributed by atoms with E-state index in [2.05, 4.69) is 20.6 Å². The molecule has 0 radical (unpaired) electrons. The molecule has 0 saturated heterocycles. The van der Waals surface area contributed by atoms with Crippen molar-refractivity contribution in [2.75, 3.05) is 17.7 Å². The van der Waals surface area contributed by atoms with E-state index in [0.29, 0.717) is 10.7 Å². The third kappa shape index (κ3) is 4.44. The number of hydrogen-bond donors (Lipinski definition) is 2. The molecule has 0 aliphatic rings. The number of nitrogens with zero attached hydrogens (tertiary/aromatic N) is 2. The first-order valence-electron chi connectivity index (χ1n) is 8.83. The molecule has 4 rings (SSSR count). The Kier molecular flexibility index (Phi) is 5.55. The Morgan fingerprint density at radius 3 is 2.48 bits per heavy atom. The molecule has 0 bridgehead atoms. The van der Waals surface area contributed by atoms with Crippen molar-refractivity contribution in [1.29, 1.82) is 0 Å². The minimum absolute atomic E-state index is 0.175. The van der Waals surface area contributed by atoms with Crippen LogP contribution in [0.25, 0.3) is 10.6 Å². The second-order valence-corrected chi connectivity index (χ2v) is 8.00. The summed E-state index contributed by atoms with van der Waals surface area (Å²) in [6.07, 6.45) is 0. The highest BCUT2D eigenvalue weighted by atomic mass is 32.1. The third-order valence-corrected chi connectivity index (χ3v) is 5.98. The minimum atomic E-state index is -0.175. The van der Waals surface area contributed by atoms with E-state index in [1.165, 1.54) is 22.7 Å². The molecule has 146 valence electrons. The Morgan fingerprint density at radius 1 is 1.00 bits per heavy atom. The first-order chi connectivity index (χ1) is 14.1. The number of ether oxygens (including phenoxy) is 1. The molecular weight excluding hydrogens is 404 g/mol. The van der Waals surface area contributed by atoms with E-state index in [1.54, 1.807) is 19.2 Å². The summed E-state index contributed by atoms with van der Waals surface area (Å²) in [7, 11) is 1.64. The molecule has 2 heterocycles. The van der Waals surface area contributed by atoms with Crippen molar-refractivity contribution < 1.29 is 9.53 Å². The summed E-state index contributed by atoms with van der Waals surface area (Å²) in [6, 6.07) is 16.8. The second kappa shape index (κ2) is 8.42. The number of nitrogens with one attached hydrogen (secondary N) is 2. The van der Waals surface area contributed by atoms with Gasteiger partial charge in [-0.3, -0.25) is 10.1 Å². The van der Waals surface area contributed by atoms with Gasteiger partial charge in [-0.05, 0) is 43.3 Å². The van der Waals surface area contributed by atoms with Crippen LogP contribution < -0.4 is 15.4 Å². The predicted octanol–water partition coefficient (Wildman–Crippen LogP) is 5.58. The zero-order valence-electron chi connectivity index (χ0n) is 15.8. The smallest absolute Gasteiger partial charge is 0.257 e. The van der Waals surface area contributed by atoms with Crippen LogP contribution in [0.4, 0.5) is 16.0 Å². The molecule has 0 unspecified atom stereocenters. The second-order valence-electron chi connectivity index (χ2n) is 6.15. The Balaban J connectivity index is 1.48. The fourth-order valence-corrected chi connectivity index (χ4v) is 4.40. The van der Waals surface area contributed by atoms with E-state index in [-0.39, 0.29) is 5.91 Å². The van der Waals surface area contributed by atoms with Crippen LogP contribution in [-0.4, -0.2) is 23.0 Å². The average molecular weight is 423 g/mol. The summed E-state index contributed by atoms with van der Waals surface area (Å²) < 4.78 is 5.18. The van der Waals surface area contributed by atoms with Crippen LogP contribution in [0.3, 0.4) is 0 Å². The Labute approximate surface area is 176 Å². The summed E-state index contributed by atoms with van der Waals surface area (Å²) >= 11 is 2.93. The van der Waals surface area contributed by atoms with E-state index in [4.69, 9.17) is 4.74 Å². The lowest BCUT2D eigenvalue weighted by atomic mass is 10.2. The van der Waals surface area contributed by atoms with Crippen molar-refractivity contribution in [3.8, 4) is 16.3 Å². The predicted molar refractivity (Wildman–Crippen MR) is 119 cm³/mol. The van der Waals surface area contributed by atoms with Gasteiger partial charge in [-0.25, -0.2) is 9.97 Å². The lowest BCUT2D eigenvalue weighted by molar-refractivity contribution is 0.102. The minimum Gasteiger partial charge on any atom is -0.497 e. The van der Waals surface area contributed by atoms with E-state index in [9.17, 15) is 4.79 Å². The van der Waals surface area contributed by atoms with Crippen molar-refractivity contribution in [2.45, 2.75) is 6.92 Å². The van der Waals surface area contributed by atoms with Gasteiger partial charge in [0.2, 0.25) is 0 Å². The highest BCUT2D eigenvalue weighted by Gasteiger charge is 2.15. The molecular formula is C21H18N4O2S2. The Bertz CT molecular complexity index is 1120. The van der Waals surface area contributed by atoms with Gasteiger partial charge in [-0.1, -0.05) is 29.5 Å². The first-order valence-corrected chi connectivity index (χ1v) is 10.5. The number of amides is 1. The topological polar surface area (TPSA) is 76.1 Å². The molecule has 0 atom stereocenters. The van der Waals surface area contributed by atoms with Crippen molar-refractivity contribution in [3.05, 3.63) is 71.2 Å². The maximum absolute atomic E-state index is 12.3. The highest BCUT2D eigenvalue weighted by Crippen LogP contribution is 2.35. The monoisotopic (exact) mass is 422 g/mol. The molecule has 0 aliphatic heterocycles. The molecule has 8 heteroatoms. The number of carbonyl (C=O) groups is 1. The van der Waals surface area contributed by atoms with Crippen molar-refractivity contribution in [2.24, 2.45) is 0 Å². The van der Waals surface area contributed by atoms with Crippen LogP contribution in [0.5, 0.6) is 5.75 Å². The number of aromatic nitrogens is 2. The van der Waals surface area contributed by atoms with Gasteiger partial charge in [0.05, 0.1) is 23.4 Å². The van der Waals surface area contributed by atoms with Crippen molar-refractivity contribution >= 4 is 44.5 Å². The molecule has 4 aromatic rings. The molecule has 1 amide bonds. The fraction of sp³-hybridized carbons (Fsp3) is 0.0952. The molecule has 2 aromatic heterocycles. The SMILES string of the molecule is COc1ccc(Nc2nc(-c3sc(NC(=O)c4ccccc4)nc3C)cs2)cc1. The Hall–Kier alpha value is -3.23. The van der Waals surface area contributed by atoms with E-state index in [0.717, 1.165) is 32.8 Å². The van der Waals surface area contributed by atoms with Crippen molar-refractivity contribution in [1.82, 2.24) is 9.97 Å². The van der Waals surface area contributed by atoms with Crippen LogP contribution in [0.2, 0.25) is 0 Å². The van der Waals surface area contributed by atoms with Crippen LogP contribution in [0.15, 0.2) is 60.0 Å². The summed E-state index contributed by atoms with van der Waals surface area (Å²) in [4.78, 5) is 22.4. The summed E-state index contributed by atoms with van der Waals surface area (Å²) in [5, 5.41) is 9.48. The van der Waals surface area contributed by atoms with Gasteiger partial charge in [0.1, 0.15) is 5.75 Å². The number of hydrogen-bond acceptors (Lipinski definition) is 7. The summed E-state index contributed by atoms with van der Waals surface area (Å²) in [6.45, 7) is 1.92. The molecule has 2 aromatic carbocycles. The van der Waals surface area contributed by atoms with Gasteiger partial charge in [0, 0.05) is 16.6 Å². The third-order valence-electron chi connectivity index (χ3n) is 4.13. The van der Waals surface area contributed by atoms with Crippen LogP contribution in [0, 0.1) is 6.92 Å². The quantitative estimate of drug-likeness (QED) is 0.424. The molecule has 0 saturated carbocycles. The molecule has 2 N–H and O–H groups in total. The molecule has 0 aliphatic carbocycles. The van der Waals surface area contributed by atoms with E-state index in [1.807, 2.05) is 54.8 Å². The molecule has 0 fully saturated rings. The van der Waals surface area contributed by atoms with E-state index >= 15 is 0 Å². The molecule has 6 nitrogen and oxygen atoms in total. The van der Waals surface area contributed by atoms with Gasteiger partial charge in [-0.2, -0.15) is 0 Å². The van der Waals surface area contributed by atoms with Gasteiger partial charge in [0.25, 0.3) is 5.91 Å². The first kappa shape index (κ1) is 19.1. The Morgan fingerprint density at radius 2 is 1.76 bits per heavy atom.